The molecule has 3 N–H and O–H groups in total. The third-order valence-electron chi connectivity index (χ3n) is 4.47. The van der Waals surface area contributed by atoms with Crippen LogP contribution in [0, 0.1) is 9.49 Å². The molecule has 0 bridgehead atoms. The van der Waals surface area contributed by atoms with Gasteiger partial charge in [0.25, 0.3) is 0 Å². The molecule has 166 valence electrons. The molecule has 0 aromatic heterocycles. The maximum Gasteiger partial charge on any atom is 0.408 e. The lowest BCUT2D eigenvalue weighted by atomic mass is 10.0. The second-order valence-electron chi connectivity index (χ2n) is 7.62. The van der Waals surface area contributed by atoms with Crippen LogP contribution < -0.4 is 10.6 Å². The Hall–Kier alpha value is -2.62. The van der Waals surface area contributed by atoms with Crippen LogP contribution in [0.3, 0.4) is 0 Å². The van der Waals surface area contributed by atoms with Crippen molar-refractivity contribution in [2.75, 3.05) is 0 Å². The fraction of sp³-hybridized carbons (Fsp3) is 0.348. The van der Waals surface area contributed by atoms with Crippen molar-refractivity contribution in [3.8, 4) is 0 Å². The number of aliphatic carboxylic acids is 1. The molecular formula is C23H27IN2O5. The van der Waals surface area contributed by atoms with Gasteiger partial charge in [-0.3, -0.25) is 4.79 Å². The van der Waals surface area contributed by atoms with Gasteiger partial charge in [-0.2, -0.15) is 0 Å². The Morgan fingerprint density at radius 3 is 2.26 bits per heavy atom. The van der Waals surface area contributed by atoms with E-state index in [0.717, 1.165) is 14.7 Å². The van der Waals surface area contributed by atoms with E-state index in [0.29, 0.717) is 6.42 Å². The zero-order valence-corrected chi connectivity index (χ0v) is 19.7. The number of hydrogen-bond donors (Lipinski definition) is 3. The Morgan fingerprint density at radius 2 is 1.65 bits per heavy atom. The van der Waals surface area contributed by atoms with Crippen molar-refractivity contribution in [3.63, 3.8) is 0 Å². The first-order chi connectivity index (χ1) is 14.7. The van der Waals surface area contributed by atoms with Crippen LogP contribution in [0.4, 0.5) is 4.79 Å². The molecule has 31 heavy (non-hydrogen) atoms. The molecule has 2 aromatic carbocycles. The van der Waals surface area contributed by atoms with Crippen LogP contribution in [0.15, 0.2) is 54.6 Å². The predicted molar refractivity (Wildman–Crippen MR) is 125 cm³/mol. The molecule has 0 aliphatic rings. The van der Waals surface area contributed by atoms with Gasteiger partial charge in [-0.15, -0.1) is 0 Å². The van der Waals surface area contributed by atoms with Crippen molar-refractivity contribution in [1.82, 2.24) is 10.6 Å². The average Bonchev–Trinajstić information content (AvgIpc) is 2.71. The third kappa shape index (κ3) is 8.95. The van der Waals surface area contributed by atoms with E-state index in [4.69, 9.17) is 4.74 Å². The summed E-state index contributed by atoms with van der Waals surface area (Å²) >= 11 is 2.15. The quantitative estimate of drug-likeness (QED) is 0.400. The van der Waals surface area contributed by atoms with Crippen molar-refractivity contribution in [1.29, 1.82) is 0 Å². The third-order valence-corrected chi connectivity index (χ3v) is 5.14. The molecule has 0 saturated carbocycles. The van der Waals surface area contributed by atoms with Gasteiger partial charge in [0.2, 0.25) is 5.91 Å². The summed E-state index contributed by atoms with van der Waals surface area (Å²) < 4.78 is 6.18. The molecule has 2 rings (SSSR count). The zero-order valence-electron chi connectivity index (χ0n) is 17.5. The topological polar surface area (TPSA) is 105 Å². The van der Waals surface area contributed by atoms with E-state index in [-0.39, 0.29) is 18.9 Å². The second-order valence-corrected chi connectivity index (χ2v) is 8.87. The van der Waals surface area contributed by atoms with Crippen molar-refractivity contribution >= 4 is 40.6 Å². The highest BCUT2D eigenvalue weighted by Gasteiger charge is 2.27. The van der Waals surface area contributed by atoms with Crippen LogP contribution in [0.5, 0.6) is 0 Å². The summed E-state index contributed by atoms with van der Waals surface area (Å²) in [5.41, 5.74) is 1.63. The fourth-order valence-electron chi connectivity index (χ4n) is 2.98. The summed E-state index contributed by atoms with van der Waals surface area (Å²) in [6.07, 6.45) is -0.235. The van der Waals surface area contributed by atoms with Gasteiger partial charge in [0.15, 0.2) is 0 Å². The number of carboxylic acid groups (broad SMARTS) is 1. The highest BCUT2D eigenvalue weighted by molar-refractivity contribution is 14.1. The van der Waals surface area contributed by atoms with E-state index in [2.05, 4.69) is 33.2 Å². The van der Waals surface area contributed by atoms with Crippen LogP contribution in [-0.4, -0.2) is 35.2 Å². The Balaban J connectivity index is 2.00. The molecule has 0 saturated heterocycles. The van der Waals surface area contributed by atoms with Crippen molar-refractivity contribution in [2.45, 2.75) is 45.4 Å². The number of rotatable bonds is 10. The van der Waals surface area contributed by atoms with E-state index in [1.165, 1.54) is 0 Å². The lowest BCUT2D eigenvalue weighted by Gasteiger charge is -2.22. The average molecular weight is 538 g/mol. The summed E-state index contributed by atoms with van der Waals surface area (Å²) in [6.45, 7) is 3.91. The molecule has 0 aliphatic heterocycles. The number of benzene rings is 2. The lowest BCUT2D eigenvalue weighted by molar-refractivity contribution is -0.142. The summed E-state index contributed by atoms with van der Waals surface area (Å²) in [5, 5.41) is 14.7. The maximum atomic E-state index is 12.8. The summed E-state index contributed by atoms with van der Waals surface area (Å²) in [5.74, 6) is -1.59. The number of carbonyl (C=O) groups excluding carboxylic acids is 2. The molecule has 2 atom stereocenters. The Morgan fingerprint density at radius 1 is 0.968 bits per heavy atom. The molecule has 2 amide bonds. The number of ether oxygens (including phenoxy) is 1. The molecule has 0 heterocycles. The zero-order chi connectivity index (χ0) is 22.8. The van der Waals surface area contributed by atoms with Gasteiger partial charge in [-0.05, 0) is 58.2 Å². The van der Waals surface area contributed by atoms with Crippen molar-refractivity contribution in [2.24, 2.45) is 5.92 Å². The molecule has 0 spiro atoms. The molecule has 0 radical (unpaired) electrons. The first-order valence-electron chi connectivity index (χ1n) is 9.99. The van der Waals surface area contributed by atoms with E-state index < -0.39 is 30.1 Å². The van der Waals surface area contributed by atoms with Crippen LogP contribution in [0.25, 0.3) is 0 Å². The number of halogens is 1. The minimum absolute atomic E-state index is 0.0765. The molecular weight excluding hydrogens is 511 g/mol. The smallest absolute Gasteiger partial charge is 0.408 e. The van der Waals surface area contributed by atoms with Crippen LogP contribution in [0.2, 0.25) is 0 Å². The summed E-state index contributed by atoms with van der Waals surface area (Å²) in [6, 6.07) is 14.6. The van der Waals surface area contributed by atoms with Gasteiger partial charge in [-0.25, -0.2) is 9.59 Å². The van der Waals surface area contributed by atoms with E-state index >= 15 is 0 Å². The van der Waals surface area contributed by atoms with Gasteiger partial charge < -0.3 is 20.5 Å². The largest absolute Gasteiger partial charge is 0.480 e. The summed E-state index contributed by atoms with van der Waals surface area (Å²) in [4.78, 5) is 36.8. The van der Waals surface area contributed by atoms with Crippen molar-refractivity contribution in [3.05, 3.63) is 69.3 Å². The van der Waals surface area contributed by atoms with E-state index in [1.54, 1.807) is 0 Å². The van der Waals surface area contributed by atoms with Crippen LogP contribution in [-0.2, 0) is 27.4 Å². The van der Waals surface area contributed by atoms with E-state index in [1.807, 2.05) is 68.4 Å². The van der Waals surface area contributed by atoms with Crippen LogP contribution in [0.1, 0.15) is 31.4 Å². The number of carbonyl (C=O) groups is 3. The number of amides is 2. The normalized spacial score (nSPS) is 12.6. The molecule has 2 aromatic rings. The van der Waals surface area contributed by atoms with Gasteiger partial charge in [0.1, 0.15) is 18.7 Å². The molecule has 8 heteroatoms. The Kier molecular flexibility index (Phi) is 9.77. The number of alkyl carbamates (subject to hydrolysis) is 1. The maximum absolute atomic E-state index is 12.8. The lowest BCUT2D eigenvalue weighted by Crippen LogP contribution is -2.52. The highest BCUT2D eigenvalue weighted by Crippen LogP contribution is 2.11. The first-order valence-corrected chi connectivity index (χ1v) is 11.1. The molecule has 0 aliphatic carbocycles. The van der Waals surface area contributed by atoms with Crippen molar-refractivity contribution < 1.29 is 24.2 Å². The summed E-state index contributed by atoms with van der Waals surface area (Å²) in [7, 11) is 0. The molecule has 7 nitrogen and oxygen atoms in total. The van der Waals surface area contributed by atoms with Gasteiger partial charge in [-0.1, -0.05) is 56.3 Å². The van der Waals surface area contributed by atoms with Gasteiger partial charge >= 0.3 is 12.1 Å². The Labute approximate surface area is 195 Å². The fourth-order valence-corrected chi connectivity index (χ4v) is 3.59. The number of carboxylic acids is 1. The second kappa shape index (κ2) is 12.3. The molecule has 0 fully saturated rings. The standard InChI is InChI=1S/C23H27IN2O5/c1-15(2)11-19(26-23(30)31-14-16-7-4-3-5-8-16)21(27)25-20(22(28)29)13-17-9-6-10-18(24)12-17/h3-10,12,15,19-20H,11,13-14H2,1-2H3,(H,25,27)(H,26,30)(H,28,29)/t19-,20-/m0/s1. The predicted octanol–water partition coefficient (Wildman–Crippen LogP) is 3.74. The van der Waals surface area contributed by atoms with Crippen LogP contribution >= 0.6 is 22.6 Å². The first kappa shape index (κ1) is 24.6. The number of nitrogens with one attached hydrogen (secondary N) is 2. The van der Waals surface area contributed by atoms with Gasteiger partial charge in [0, 0.05) is 9.99 Å². The molecule has 0 unspecified atom stereocenters. The Bertz CT molecular complexity index is 889. The van der Waals surface area contributed by atoms with E-state index in [9.17, 15) is 19.5 Å². The highest BCUT2D eigenvalue weighted by atomic mass is 127. The minimum Gasteiger partial charge on any atom is -0.480 e. The van der Waals surface area contributed by atoms with Gasteiger partial charge in [0.05, 0.1) is 0 Å². The number of hydrogen-bond acceptors (Lipinski definition) is 4. The monoisotopic (exact) mass is 538 g/mol. The minimum atomic E-state index is -1.14. The SMILES string of the molecule is CC(C)C[C@H](NC(=O)OCc1ccccc1)C(=O)N[C@@H](Cc1cccc(I)c1)C(=O)O.